The molecule has 0 amide bonds. The zero-order valence-corrected chi connectivity index (χ0v) is 23.7. The third-order valence-corrected chi connectivity index (χ3v) is 8.00. The Bertz CT molecular complexity index is 1710. The van der Waals surface area contributed by atoms with Gasteiger partial charge in [0.25, 0.3) is 5.56 Å². The van der Waals surface area contributed by atoms with Gasteiger partial charge < -0.3 is 15.5 Å². The molecule has 0 radical (unpaired) electrons. The maximum Gasteiger partial charge on any atom is 0.268 e. The molecule has 4 aromatic rings. The molecule has 0 bridgehead atoms. The van der Waals surface area contributed by atoms with E-state index in [0.29, 0.717) is 29.7 Å². The van der Waals surface area contributed by atoms with Crippen LogP contribution in [0.4, 0.5) is 17.3 Å². The standard InChI is InChI=1S/C33H35N7O/c1-23-7-5-18-35-30(23)22-40-31-26(19-25(32(40)41)12-11-24-8-3-4-9-24)20-36-33(38-31)37-27-13-15-28(16-14-27)39(2)29-10-6-17-34-21-29/h5,7-8,13-16,18-20,29,34H,3-4,6,9-10,17,21-22H2,1-2H3,(H,36,37,38). The number of nitrogens with zero attached hydrogens (tertiary/aromatic N) is 5. The van der Waals surface area contributed by atoms with E-state index in [1.807, 2.05) is 31.2 Å². The first-order valence-corrected chi connectivity index (χ1v) is 14.4. The van der Waals surface area contributed by atoms with Crippen molar-refractivity contribution in [3.05, 3.63) is 93.7 Å². The third-order valence-electron chi connectivity index (χ3n) is 8.00. The molecule has 6 rings (SSSR count). The van der Waals surface area contributed by atoms with Crippen molar-refractivity contribution < 1.29 is 0 Å². The lowest BCUT2D eigenvalue weighted by molar-refractivity contribution is 0.445. The maximum atomic E-state index is 13.7. The van der Waals surface area contributed by atoms with E-state index >= 15 is 0 Å². The molecular weight excluding hydrogens is 510 g/mol. The molecule has 208 valence electrons. The fourth-order valence-corrected chi connectivity index (χ4v) is 5.50. The monoisotopic (exact) mass is 545 g/mol. The van der Waals surface area contributed by atoms with Crippen molar-refractivity contribution in [2.45, 2.75) is 51.6 Å². The normalized spacial score (nSPS) is 16.6. The van der Waals surface area contributed by atoms with E-state index < -0.39 is 0 Å². The second-order valence-corrected chi connectivity index (χ2v) is 10.8. The van der Waals surface area contributed by atoms with Crippen LogP contribution < -0.4 is 21.1 Å². The van der Waals surface area contributed by atoms with Gasteiger partial charge in [-0.05, 0) is 93.1 Å². The fraction of sp³-hybridized carbons (Fsp3) is 0.333. The van der Waals surface area contributed by atoms with E-state index in [4.69, 9.17) is 4.98 Å². The summed E-state index contributed by atoms with van der Waals surface area (Å²) in [5.74, 6) is 6.76. The van der Waals surface area contributed by atoms with Gasteiger partial charge in [0.1, 0.15) is 5.65 Å². The van der Waals surface area contributed by atoms with E-state index in [1.54, 1.807) is 23.0 Å². The molecule has 8 heteroatoms. The minimum atomic E-state index is -0.178. The van der Waals surface area contributed by atoms with Gasteiger partial charge in [0.2, 0.25) is 5.95 Å². The number of anilines is 3. The molecule has 0 saturated carbocycles. The summed E-state index contributed by atoms with van der Waals surface area (Å²) in [6.45, 7) is 4.40. The van der Waals surface area contributed by atoms with E-state index in [9.17, 15) is 4.79 Å². The van der Waals surface area contributed by atoms with Crippen LogP contribution >= 0.6 is 0 Å². The number of rotatable bonds is 6. The molecule has 1 atom stereocenters. The van der Waals surface area contributed by atoms with Crippen LogP contribution in [0.3, 0.4) is 0 Å². The number of hydrogen-bond donors (Lipinski definition) is 2. The summed E-state index contributed by atoms with van der Waals surface area (Å²) < 4.78 is 1.67. The summed E-state index contributed by atoms with van der Waals surface area (Å²) in [7, 11) is 2.15. The average Bonchev–Trinajstić information content (AvgIpc) is 3.53. The molecule has 1 aliphatic carbocycles. The highest BCUT2D eigenvalue weighted by molar-refractivity contribution is 5.78. The lowest BCUT2D eigenvalue weighted by Crippen LogP contribution is -2.44. The smallest absolute Gasteiger partial charge is 0.268 e. The van der Waals surface area contributed by atoms with Crippen LogP contribution in [-0.4, -0.2) is 45.7 Å². The highest BCUT2D eigenvalue weighted by Crippen LogP contribution is 2.23. The molecule has 41 heavy (non-hydrogen) atoms. The average molecular weight is 546 g/mol. The van der Waals surface area contributed by atoms with Crippen LogP contribution in [0.5, 0.6) is 0 Å². The van der Waals surface area contributed by atoms with Crippen molar-refractivity contribution in [2.75, 3.05) is 30.4 Å². The van der Waals surface area contributed by atoms with Crippen LogP contribution in [-0.2, 0) is 6.54 Å². The highest BCUT2D eigenvalue weighted by atomic mass is 16.1. The van der Waals surface area contributed by atoms with Gasteiger partial charge in [0.15, 0.2) is 0 Å². The van der Waals surface area contributed by atoms with Crippen molar-refractivity contribution >= 4 is 28.4 Å². The Kier molecular flexibility index (Phi) is 7.79. The second kappa shape index (κ2) is 11.9. The van der Waals surface area contributed by atoms with Crippen LogP contribution in [0.1, 0.15) is 48.9 Å². The Balaban J connectivity index is 1.32. The lowest BCUT2D eigenvalue weighted by Gasteiger charge is -2.33. The Morgan fingerprint density at radius 3 is 2.78 bits per heavy atom. The van der Waals surface area contributed by atoms with Gasteiger partial charge in [0, 0.05) is 48.8 Å². The predicted molar refractivity (Wildman–Crippen MR) is 165 cm³/mol. The quantitative estimate of drug-likeness (QED) is 0.332. The summed E-state index contributed by atoms with van der Waals surface area (Å²) in [4.78, 5) is 30.0. The Morgan fingerprint density at radius 2 is 2.02 bits per heavy atom. The van der Waals surface area contributed by atoms with Crippen LogP contribution in [0.25, 0.3) is 11.0 Å². The number of hydrogen-bond acceptors (Lipinski definition) is 7. The molecule has 1 aromatic carbocycles. The first-order valence-electron chi connectivity index (χ1n) is 14.4. The van der Waals surface area contributed by atoms with E-state index in [-0.39, 0.29) is 5.56 Å². The largest absolute Gasteiger partial charge is 0.370 e. The number of likely N-dealkylation sites (N-methyl/N-ethyl adjacent to an activating group) is 1. The topological polar surface area (TPSA) is 88.0 Å². The van der Waals surface area contributed by atoms with Gasteiger partial charge in [0.05, 0.1) is 17.8 Å². The fourth-order valence-electron chi connectivity index (χ4n) is 5.50. The molecule has 1 saturated heterocycles. The molecule has 1 fully saturated rings. The Morgan fingerprint density at radius 1 is 1.15 bits per heavy atom. The number of piperidine rings is 1. The Labute approximate surface area is 240 Å². The van der Waals surface area contributed by atoms with E-state index in [1.165, 1.54) is 18.5 Å². The summed E-state index contributed by atoms with van der Waals surface area (Å²) in [6.07, 6.45) is 11.2. The van der Waals surface area contributed by atoms with Crippen molar-refractivity contribution in [2.24, 2.45) is 0 Å². The van der Waals surface area contributed by atoms with Crippen LogP contribution in [0.2, 0.25) is 0 Å². The highest BCUT2D eigenvalue weighted by Gasteiger charge is 2.18. The second-order valence-electron chi connectivity index (χ2n) is 10.8. The molecule has 8 nitrogen and oxygen atoms in total. The maximum absolute atomic E-state index is 13.7. The van der Waals surface area contributed by atoms with E-state index in [0.717, 1.165) is 60.3 Å². The van der Waals surface area contributed by atoms with Gasteiger partial charge in [-0.1, -0.05) is 24.0 Å². The van der Waals surface area contributed by atoms with Gasteiger partial charge in [-0.2, -0.15) is 4.98 Å². The number of aryl methyl sites for hydroxylation is 1. The lowest BCUT2D eigenvalue weighted by atomic mass is 10.1. The molecule has 1 aliphatic heterocycles. The number of benzene rings is 1. The predicted octanol–water partition coefficient (Wildman–Crippen LogP) is 4.94. The molecule has 1 unspecified atom stereocenters. The number of nitrogens with one attached hydrogen (secondary N) is 2. The number of aromatic nitrogens is 4. The summed E-state index contributed by atoms with van der Waals surface area (Å²) in [6, 6.07) is 14.5. The molecular formula is C33H35N7O. The van der Waals surface area contributed by atoms with Gasteiger partial charge in [-0.3, -0.25) is 14.3 Å². The summed E-state index contributed by atoms with van der Waals surface area (Å²) in [5.41, 5.74) is 5.79. The van der Waals surface area contributed by atoms with Crippen molar-refractivity contribution in [1.29, 1.82) is 0 Å². The minimum Gasteiger partial charge on any atom is -0.370 e. The van der Waals surface area contributed by atoms with Gasteiger partial charge >= 0.3 is 0 Å². The van der Waals surface area contributed by atoms with Crippen molar-refractivity contribution in [3.8, 4) is 11.8 Å². The van der Waals surface area contributed by atoms with Crippen molar-refractivity contribution in [1.82, 2.24) is 24.8 Å². The number of fused-ring (bicyclic) bond motifs is 1. The SMILES string of the molecule is Cc1cccnc1Cn1c(=O)c(C#CC2=CCCC2)cc2cnc(Nc3ccc(N(C)C4CCCNC4)cc3)nc21. The summed E-state index contributed by atoms with van der Waals surface area (Å²) in [5, 5.41) is 7.56. The first-order chi connectivity index (χ1) is 20.0. The summed E-state index contributed by atoms with van der Waals surface area (Å²) >= 11 is 0. The Hall–Kier alpha value is -4.48. The number of allylic oxidation sites excluding steroid dienone is 2. The van der Waals surface area contributed by atoms with Gasteiger partial charge in [-0.15, -0.1) is 0 Å². The third kappa shape index (κ3) is 6.01. The van der Waals surface area contributed by atoms with Crippen molar-refractivity contribution in [3.63, 3.8) is 0 Å². The molecule has 2 N–H and O–H groups in total. The number of pyridine rings is 2. The zero-order valence-electron chi connectivity index (χ0n) is 23.7. The minimum absolute atomic E-state index is 0.178. The molecule has 0 spiro atoms. The van der Waals surface area contributed by atoms with E-state index in [2.05, 4.69) is 62.6 Å². The van der Waals surface area contributed by atoms with Crippen LogP contribution in [0.15, 0.2) is 71.3 Å². The van der Waals surface area contributed by atoms with Gasteiger partial charge in [-0.25, -0.2) is 4.98 Å². The zero-order chi connectivity index (χ0) is 28.2. The first kappa shape index (κ1) is 26.7. The molecule has 3 aromatic heterocycles. The molecule has 2 aliphatic rings. The van der Waals surface area contributed by atoms with Crippen LogP contribution in [0, 0.1) is 18.8 Å². The molecule has 4 heterocycles.